The molecule has 5 rings (SSSR count). The largest absolute Gasteiger partial charge is 0.507 e. The second kappa shape index (κ2) is 7.63. The Kier molecular flexibility index (Phi) is 4.89. The van der Waals surface area contributed by atoms with E-state index in [9.17, 15) is 14.3 Å². The minimum atomic E-state index is -0.835. The van der Waals surface area contributed by atoms with Crippen LogP contribution in [0.3, 0.4) is 0 Å². The molecule has 1 saturated heterocycles. The van der Waals surface area contributed by atoms with Crippen LogP contribution in [0.25, 0.3) is 22.0 Å². The second-order valence-corrected chi connectivity index (χ2v) is 8.10. The van der Waals surface area contributed by atoms with Gasteiger partial charge in [0.15, 0.2) is 11.6 Å². The number of piperazine rings is 1. The molecule has 0 saturated carbocycles. The van der Waals surface area contributed by atoms with E-state index < -0.39 is 17.4 Å². The summed E-state index contributed by atoms with van der Waals surface area (Å²) in [6, 6.07) is 5.09. The van der Waals surface area contributed by atoms with Crippen LogP contribution < -0.4 is 9.64 Å². The topological polar surface area (TPSA) is 65.9 Å². The minimum absolute atomic E-state index is 0.0142. The molecule has 3 aromatic rings. The highest BCUT2D eigenvalue weighted by Crippen LogP contribution is 2.46. The number of aromatic nitrogens is 1. The molecular formula is C23H18ClF2N3O3. The number of carbonyl (C=O) groups is 1. The number of fused-ring (bicyclic) bond motifs is 5. The van der Waals surface area contributed by atoms with Crippen molar-refractivity contribution in [2.45, 2.75) is 6.04 Å². The van der Waals surface area contributed by atoms with Gasteiger partial charge in [-0.2, -0.15) is 0 Å². The first kappa shape index (κ1) is 20.5. The molecule has 32 heavy (non-hydrogen) atoms. The zero-order valence-corrected chi connectivity index (χ0v) is 17.6. The number of nitrogens with zero attached hydrogens (tertiary/aromatic N) is 3. The van der Waals surface area contributed by atoms with E-state index in [1.807, 2.05) is 0 Å². The van der Waals surface area contributed by atoms with Gasteiger partial charge in [0.05, 0.1) is 28.5 Å². The molecule has 1 atom stereocenters. The number of phenols is 1. The Morgan fingerprint density at radius 3 is 2.88 bits per heavy atom. The van der Waals surface area contributed by atoms with E-state index in [2.05, 4.69) is 16.5 Å². The van der Waals surface area contributed by atoms with Gasteiger partial charge in [0.1, 0.15) is 23.7 Å². The quantitative estimate of drug-likeness (QED) is 0.586. The lowest BCUT2D eigenvalue weighted by Gasteiger charge is -2.45. The number of benzene rings is 2. The maximum atomic E-state index is 15.6. The molecule has 0 unspecified atom stereocenters. The Morgan fingerprint density at radius 1 is 1.31 bits per heavy atom. The maximum absolute atomic E-state index is 15.6. The van der Waals surface area contributed by atoms with Gasteiger partial charge in [0, 0.05) is 30.6 Å². The Bertz CT molecular complexity index is 1260. The molecule has 164 valence electrons. The lowest BCUT2D eigenvalue weighted by molar-refractivity contribution is -0.127. The summed E-state index contributed by atoms with van der Waals surface area (Å²) in [5.74, 6) is -1.73. The van der Waals surface area contributed by atoms with Gasteiger partial charge in [-0.15, -0.1) is 0 Å². The molecule has 0 bridgehead atoms. The maximum Gasteiger partial charge on any atom is 0.246 e. The molecule has 0 spiro atoms. The zero-order chi connectivity index (χ0) is 22.6. The van der Waals surface area contributed by atoms with Crippen LogP contribution in [-0.4, -0.2) is 53.2 Å². The third-order valence-electron chi connectivity index (χ3n) is 5.92. The number of amides is 1. The summed E-state index contributed by atoms with van der Waals surface area (Å²) >= 11 is 6.42. The third-order valence-corrected chi connectivity index (χ3v) is 6.22. The molecule has 1 aromatic heterocycles. The van der Waals surface area contributed by atoms with Crippen molar-refractivity contribution < 1.29 is 23.4 Å². The Labute approximate surface area is 187 Å². The number of anilines is 1. The van der Waals surface area contributed by atoms with Crippen molar-refractivity contribution in [3.63, 3.8) is 0 Å². The van der Waals surface area contributed by atoms with Crippen molar-refractivity contribution in [2.24, 2.45) is 0 Å². The van der Waals surface area contributed by atoms with Crippen LogP contribution in [0.4, 0.5) is 14.5 Å². The average molecular weight is 458 g/mol. The number of hydrogen-bond acceptors (Lipinski definition) is 5. The number of rotatable bonds is 2. The molecule has 0 radical (unpaired) electrons. The smallest absolute Gasteiger partial charge is 0.246 e. The average Bonchev–Trinajstić information content (AvgIpc) is 2.79. The normalized spacial score (nSPS) is 17.5. The summed E-state index contributed by atoms with van der Waals surface area (Å²) < 4.78 is 35.9. The van der Waals surface area contributed by atoms with Crippen molar-refractivity contribution in [1.29, 1.82) is 0 Å². The molecule has 3 heterocycles. The predicted molar refractivity (Wildman–Crippen MR) is 117 cm³/mol. The highest BCUT2D eigenvalue weighted by Gasteiger charge is 2.36. The van der Waals surface area contributed by atoms with Crippen LogP contribution in [0.2, 0.25) is 5.02 Å². The summed E-state index contributed by atoms with van der Waals surface area (Å²) in [5.41, 5.74) is 0.0423. The molecule has 2 aromatic carbocycles. The first-order chi connectivity index (χ1) is 15.4. The number of hydrogen-bond donors (Lipinski definition) is 1. The molecule has 9 heteroatoms. The van der Waals surface area contributed by atoms with Gasteiger partial charge in [-0.1, -0.05) is 24.2 Å². The van der Waals surface area contributed by atoms with Crippen LogP contribution in [-0.2, 0) is 4.79 Å². The van der Waals surface area contributed by atoms with Crippen LogP contribution in [0.15, 0.2) is 43.1 Å². The first-order valence-electron chi connectivity index (χ1n) is 10.00. The van der Waals surface area contributed by atoms with Gasteiger partial charge in [0.25, 0.3) is 0 Å². The predicted octanol–water partition coefficient (Wildman–Crippen LogP) is 4.13. The fraction of sp³-hybridized carbons (Fsp3) is 0.217. The van der Waals surface area contributed by atoms with Gasteiger partial charge in [-0.3, -0.25) is 4.79 Å². The summed E-state index contributed by atoms with van der Waals surface area (Å²) in [6.07, 6.45) is 2.71. The van der Waals surface area contributed by atoms with Crippen LogP contribution in [0.1, 0.15) is 0 Å². The lowest BCUT2D eigenvalue weighted by Crippen LogP contribution is -2.58. The summed E-state index contributed by atoms with van der Waals surface area (Å²) in [7, 11) is 0. The number of halogens is 3. The van der Waals surface area contributed by atoms with E-state index in [0.717, 1.165) is 6.07 Å². The van der Waals surface area contributed by atoms with Gasteiger partial charge in [0.2, 0.25) is 5.91 Å². The molecule has 2 aliphatic heterocycles. The van der Waals surface area contributed by atoms with E-state index in [1.165, 1.54) is 30.5 Å². The summed E-state index contributed by atoms with van der Waals surface area (Å²) in [6.45, 7) is 5.30. The molecule has 0 aliphatic carbocycles. The Balaban J connectivity index is 1.66. The third kappa shape index (κ3) is 3.05. The van der Waals surface area contributed by atoms with Crippen molar-refractivity contribution in [2.75, 3.05) is 31.1 Å². The number of carbonyl (C=O) groups excluding carboxylic acids is 1. The fourth-order valence-corrected chi connectivity index (χ4v) is 4.72. The molecule has 1 fully saturated rings. The van der Waals surface area contributed by atoms with Crippen LogP contribution in [0, 0.1) is 11.6 Å². The van der Waals surface area contributed by atoms with Gasteiger partial charge >= 0.3 is 0 Å². The van der Waals surface area contributed by atoms with E-state index in [-0.39, 0.29) is 33.6 Å². The summed E-state index contributed by atoms with van der Waals surface area (Å²) in [5, 5.41) is 10.5. The van der Waals surface area contributed by atoms with E-state index in [0.29, 0.717) is 43.1 Å². The number of ether oxygens (including phenoxy) is 1. The molecular weight excluding hydrogens is 440 g/mol. The minimum Gasteiger partial charge on any atom is -0.507 e. The van der Waals surface area contributed by atoms with Gasteiger partial charge in [-0.25, -0.2) is 13.8 Å². The first-order valence-corrected chi connectivity index (χ1v) is 10.4. The standard InChI is InChI=1S/C23H18ClF2N3O3/c1-2-18(31)28-6-7-29-12(10-28)11-32-17-9-27-22-13(23(17)29)8-14(24)19(21(22)26)20-15(25)4-3-5-16(20)30/h2-5,8-9,12,30H,1,6-7,10-11H2/t12-/m1/s1. The number of aromatic hydroxyl groups is 1. The molecule has 6 nitrogen and oxygen atoms in total. The monoisotopic (exact) mass is 457 g/mol. The van der Waals surface area contributed by atoms with E-state index in [4.69, 9.17) is 16.3 Å². The molecule has 1 amide bonds. The fourth-order valence-electron chi connectivity index (χ4n) is 4.43. The van der Waals surface area contributed by atoms with E-state index >= 15 is 4.39 Å². The van der Waals surface area contributed by atoms with Gasteiger partial charge < -0.3 is 19.6 Å². The van der Waals surface area contributed by atoms with Crippen molar-refractivity contribution >= 4 is 34.1 Å². The van der Waals surface area contributed by atoms with Crippen molar-refractivity contribution in [1.82, 2.24) is 9.88 Å². The lowest BCUT2D eigenvalue weighted by atomic mass is 9.99. The Morgan fingerprint density at radius 2 is 2.12 bits per heavy atom. The molecule has 1 N–H and O–H groups in total. The SMILES string of the molecule is C=CC(=O)N1CCN2c3c(cnc4c(F)c(-c5c(O)cccc5F)c(Cl)cc34)OC[C@H]2C1. The summed E-state index contributed by atoms with van der Waals surface area (Å²) in [4.78, 5) is 20.0. The highest BCUT2D eigenvalue weighted by atomic mass is 35.5. The highest BCUT2D eigenvalue weighted by molar-refractivity contribution is 6.34. The second-order valence-electron chi connectivity index (χ2n) is 7.70. The van der Waals surface area contributed by atoms with E-state index in [1.54, 1.807) is 4.90 Å². The van der Waals surface area contributed by atoms with Crippen molar-refractivity contribution in [3.05, 3.63) is 59.8 Å². The van der Waals surface area contributed by atoms with Crippen LogP contribution in [0.5, 0.6) is 11.5 Å². The Hall–Kier alpha value is -3.39. The van der Waals surface area contributed by atoms with Gasteiger partial charge in [-0.05, 0) is 24.3 Å². The zero-order valence-electron chi connectivity index (χ0n) is 16.8. The number of phenolic OH excluding ortho intramolecular Hbond substituents is 1. The molecule has 2 aliphatic rings. The van der Waals surface area contributed by atoms with Crippen LogP contribution >= 0.6 is 11.6 Å². The number of pyridine rings is 1. The van der Waals surface area contributed by atoms with Crippen molar-refractivity contribution in [3.8, 4) is 22.6 Å².